The summed E-state index contributed by atoms with van der Waals surface area (Å²) < 4.78 is 12.6. The summed E-state index contributed by atoms with van der Waals surface area (Å²) >= 11 is 0. The maximum Gasteiger partial charge on any atom is 0.253 e. The number of aromatic nitrogens is 1. The van der Waals surface area contributed by atoms with Gasteiger partial charge in [0, 0.05) is 30.4 Å². The Hall–Kier alpha value is -4.27. The van der Waals surface area contributed by atoms with Crippen molar-refractivity contribution in [1.29, 1.82) is 0 Å². The molecule has 9 heteroatoms. The van der Waals surface area contributed by atoms with Gasteiger partial charge in [0.05, 0.1) is 11.3 Å². The third-order valence-electron chi connectivity index (χ3n) is 6.66. The zero-order chi connectivity index (χ0) is 26.7. The molecular formula is C28H33N5O4. The highest BCUT2D eigenvalue weighted by Gasteiger charge is 2.39. The quantitative estimate of drug-likeness (QED) is 0.327. The molecule has 0 fully saturated rings. The number of rotatable bonds is 7. The average molecular weight is 504 g/mol. The predicted molar refractivity (Wildman–Crippen MR) is 144 cm³/mol. The Labute approximate surface area is 216 Å². The molecule has 37 heavy (non-hydrogen) atoms. The lowest BCUT2D eigenvalue weighted by Crippen LogP contribution is -2.45. The van der Waals surface area contributed by atoms with Crippen LogP contribution in [0.25, 0.3) is 0 Å². The molecule has 0 radical (unpaired) electrons. The van der Waals surface area contributed by atoms with Crippen molar-refractivity contribution in [2.24, 2.45) is 5.16 Å². The first-order chi connectivity index (χ1) is 17.6. The number of carbonyl (C=O) groups is 1. The number of hydrogen-bond acceptors (Lipinski definition) is 8. The van der Waals surface area contributed by atoms with Crippen LogP contribution in [0, 0.1) is 20.8 Å². The molecule has 1 aromatic heterocycles. The predicted octanol–water partition coefficient (Wildman–Crippen LogP) is 4.07. The lowest BCUT2D eigenvalue weighted by molar-refractivity contribution is 0.0352. The number of fused-ring (bicyclic) bond motifs is 1. The van der Waals surface area contributed by atoms with E-state index in [1.807, 2.05) is 52.0 Å². The highest BCUT2D eigenvalue weighted by molar-refractivity contribution is 6.07. The summed E-state index contributed by atoms with van der Waals surface area (Å²) in [5, 5.41) is 7.18. The maximum atomic E-state index is 12.3. The van der Waals surface area contributed by atoms with Crippen molar-refractivity contribution in [2.45, 2.75) is 46.3 Å². The van der Waals surface area contributed by atoms with E-state index >= 15 is 0 Å². The summed E-state index contributed by atoms with van der Waals surface area (Å²) in [6.07, 6.45) is 1.95. The number of benzene rings is 2. The summed E-state index contributed by atoms with van der Waals surface area (Å²) in [6, 6.07) is 10.8. The van der Waals surface area contributed by atoms with Crippen molar-refractivity contribution < 1.29 is 19.1 Å². The van der Waals surface area contributed by atoms with Crippen LogP contribution in [0.4, 0.5) is 11.5 Å². The van der Waals surface area contributed by atoms with Crippen molar-refractivity contribution in [3.63, 3.8) is 0 Å². The van der Waals surface area contributed by atoms with Crippen LogP contribution in [0.2, 0.25) is 0 Å². The molecule has 1 aliphatic rings. The molecule has 3 aromatic rings. The fourth-order valence-electron chi connectivity index (χ4n) is 4.38. The van der Waals surface area contributed by atoms with Crippen LogP contribution >= 0.6 is 0 Å². The molecule has 194 valence electrons. The van der Waals surface area contributed by atoms with Gasteiger partial charge in [0.15, 0.2) is 0 Å². The Balaban J connectivity index is 1.42. The molecule has 1 amide bonds. The molecule has 0 saturated heterocycles. The molecule has 4 rings (SSSR count). The number of carbonyl (C=O) groups excluding carboxylic acids is 1. The van der Waals surface area contributed by atoms with Crippen molar-refractivity contribution in [3.05, 3.63) is 76.0 Å². The minimum atomic E-state index is -0.663. The molecule has 0 saturated carbocycles. The first kappa shape index (κ1) is 25.8. The van der Waals surface area contributed by atoms with Gasteiger partial charge in [-0.25, -0.2) is 4.98 Å². The fraction of sp³-hybridized carbons (Fsp3) is 0.321. The van der Waals surface area contributed by atoms with Crippen molar-refractivity contribution in [3.8, 4) is 11.5 Å². The number of anilines is 2. The zero-order valence-electron chi connectivity index (χ0n) is 21.8. The summed E-state index contributed by atoms with van der Waals surface area (Å²) in [4.78, 5) is 21.4. The first-order valence-corrected chi connectivity index (χ1v) is 12.0. The Morgan fingerprint density at radius 3 is 2.49 bits per heavy atom. The average Bonchev–Trinajstić information content (AvgIpc) is 2.89. The number of nitrogen functional groups attached to an aromatic ring is 2. The molecule has 1 aliphatic heterocycles. The van der Waals surface area contributed by atoms with Crippen molar-refractivity contribution in [1.82, 2.24) is 10.3 Å². The number of pyridine rings is 1. The van der Waals surface area contributed by atoms with Crippen LogP contribution in [-0.4, -0.2) is 35.9 Å². The van der Waals surface area contributed by atoms with Gasteiger partial charge in [0.2, 0.25) is 0 Å². The summed E-state index contributed by atoms with van der Waals surface area (Å²) in [7, 11) is 1.53. The number of hydrogen-bond donors (Lipinski definition) is 3. The second-order valence-corrected chi connectivity index (χ2v) is 9.53. The van der Waals surface area contributed by atoms with Gasteiger partial charge >= 0.3 is 0 Å². The molecule has 1 atom stereocenters. The van der Waals surface area contributed by atoms with Crippen LogP contribution in [0.3, 0.4) is 0 Å². The molecule has 0 spiro atoms. The highest BCUT2D eigenvalue weighted by atomic mass is 16.6. The van der Waals surface area contributed by atoms with E-state index in [2.05, 4.69) is 15.5 Å². The van der Waals surface area contributed by atoms with E-state index in [0.717, 1.165) is 45.0 Å². The van der Waals surface area contributed by atoms with Crippen LogP contribution in [0.15, 0.2) is 47.8 Å². The normalized spacial score (nSPS) is 17.6. The number of nitrogens with one attached hydrogen (secondary N) is 1. The largest absolute Gasteiger partial charge is 0.489 e. The van der Waals surface area contributed by atoms with Gasteiger partial charge < -0.3 is 31.1 Å². The molecule has 2 aromatic carbocycles. The monoisotopic (exact) mass is 503 g/mol. The summed E-state index contributed by atoms with van der Waals surface area (Å²) in [6.45, 7) is 8.65. The molecule has 9 nitrogen and oxygen atoms in total. The van der Waals surface area contributed by atoms with Gasteiger partial charge in [0.25, 0.3) is 5.91 Å². The lowest BCUT2D eigenvalue weighted by atomic mass is 9.85. The third kappa shape index (κ3) is 5.45. The van der Waals surface area contributed by atoms with Gasteiger partial charge in [-0.2, -0.15) is 0 Å². The van der Waals surface area contributed by atoms with E-state index in [1.165, 1.54) is 13.3 Å². The van der Waals surface area contributed by atoms with E-state index < -0.39 is 5.60 Å². The van der Waals surface area contributed by atoms with Gasteiger partial charge in [-0.05, 0) is 74.2 Å². The number of nitrogens with zero attached hydrogens (tertiary/aromatic N) is 2. The van der Waals surface area contributed by atoms with Crippen LogP contribution in [0.5, 0.6) is 11.5 Å². The number of nitrogens with two attached hydrogens (primary N) is 2. The Morgan fingerprint density at radius 1 is 1.11 bits per heavy atom. The van der Waals surface area contributed by atoms with Crippen LogP contribution in [0.1, 0.15) is 51.5 Å². The second kappa shape index (κ2) is 10.4. The maximum absolute atomic E-state index is 12.3. The second-order valence-electron chi connectivity index (χ2n) is 9.53. The third-order valence-corrected chi connectivity index (χ3v) is 6.66. The molecular weight excluding hydrogens is 470 g/mol. The van der Waals surface area contributed by atoms with Gasteiger partial charge in [-0.3, -0.25) is 4.79 Å². The van der Waals surface area contributed by atoms with E-state index in [-0.39, 0.29) is 5.91 Å². The number of oxime groups is 1. The van der Waals surface area contributed by atoms with Crippen molar-refractivity contribution >= 4 is 23.1 Å². The van der Waals surface area contributed by atoms with Gasteiger partial charge in [-0.1, -0.05) is 17.3 Å². The fourth-order valence-corrected chi connectivity index (χ4v) is 4.38. The summed E-state index contributed by atoms with van der Waals surface area (Å²) in [5.41, 5.74) is 18.0. The molecule has 1 unspecified atom stereocenters. The standard InChI is InChI=1S/C28H33N5O4/c1-16-17(2)26-24(18(3)25(16)30)22(33-35-5)12-28(4,37-26)15-36-21-9-6-19(7-10-21)13-32-27(34)20-8-11-23(29)31-14-20/h6-11,14H,12-13,15,30H2,1-5H3,(H2,29,31)(H,32,34). The number of ether oxygens (including phenoxy) is 2. The SMILES string of the molecule is CON=C1CC(C)(COc2ccc(CNC(=O)c3ccc(N)nc3)cc2)Oc2c(C)c(C)c(N)c(C)c21. The van der Waals surface area contributed by atoms with E-state index in [0.29, 0.717) is 36.7 Å². The van der Waals surface area contributed by atoms with Crippen LogP contribution < -0.4 is 26.3 Å². The van der Waals surface area contributed by atoms with E-state index in [4.69, 9.17) is 25.8 Å². The summed E-state index contributed by atoms with van der Waals surface area (Å²) in [5.74, 6) is 1.61. The smallest absolute Gasteiger partial charge is 0.253 e. The Kier molecular flexibility index (Phi) is 7.24. The van der Waals surface area contributed by atoms with Gasteiger partial charge in [0.1, 0.15) is 36.6 Å². The van der Waals surface area contributed by atoms with Gasteiger partial charge in [-0.15, -0.1) is 0 Å². The zero-order valence-corrected chi connectivity index (χ0v) is 21.8. The Morgan fingerprint density at radius 2 is 1.84 bits per heavy atom. The minimum Gasteiger partial charge on any atom is -0.489 e. The van der Waals surface area contributed by atoms with Crippen molar-refractivity contribution in [2.75, 3.05) is 25.2 Å². The Bertz CT molecular complexity index is 1340. The molecule has 0 bridgehead atoms. The lowest BCUT2D eigenvalue weighted by Gasteiger charge is -2.38. The number of amides is 1. The van der Waals surface area contributed by atoms with E-state index in [9.17, 15) is 4.79 Å². The highest BCUT2D eigenvalue weighted by Crippen LogP contribution is 2.42. The molecule has 2 heterocycles. The first-order valence-electron chi connectivity index (χ1n) is 12.0. The molecule has 0 aliphatic carbocycles. The topological polar surface area (TPSA) is 134 Å². The minimum absolute atomic E-state index is 0.216. The molecule has 5 N–H and O–H groups in total. The van der Waals surface area contributed by atoms with E-state index in [1.54, 1.807) is 12.1 Å². The van der Waals surface area contributed by atoms with Crippen LogP contribution in [-0.2, 0) is 11.4 Å².